The molecular weight excluding hydrogens is 266 g/mol. The van der Waals surface area contributed by atoms with Crippen LogP contribution in [-0.2, 0) is 6.54 Å². The third-order valence-electron chi connectivity index (χ3n) is 4.08. The van der Waals surface area contributed by atoms with E-state index in [1.165, 1.54) is 38.4 Å². The van der Waals surface area contributed by atoms with Gasteiger partial charge in [0.1, 0.15) is 0 Å². The first-order chi connectivity index (χ1) is 10.2. The number of nitro groups is 1. The summed E-state index contributed by atoms with van der Waals surface area (Å²) in [4.78, 5) is 13.0. The minimum Gasteiger partial charge on any atom is -0.310 e. The molecule has 0 spiro atoms. The van der Waals surface area contributed by atoms with Crippen molar-refractivity contribution in [2.24, 2.45) is 0 Å². The smallest absolute Gasteiger partial charge is 0.269 e. The van der Waals surface area contributed by atoms with Gasteiger partial charge < -0.3 is 10.2 Å². The van der Waals surface area contributed by atoms with Gasteiger partial charge in [-0.2, -0.15) is 0 Å². The molecule has 1 aliphatic heterocycles. The third kappa shape index (κ3) is 5.10. The van der Waals surface area contributed by atoms with Crippen molar-refractivity contribution in [1.82, 2.24) is 10.2 Å². The maximum absolute atomic E-state index is 10.8. The van der Waals surface area contributed by atoms with Crippen LogP contribution >= 0.6 is 0 Å². The van der Waals surface area contributed by atoms with Crippen molar-refractivity contribution in [3.05, 3.63) is 39.9 Å². The van der Waals surface area contributed by atoms with Gasteiger partial charge in [-0.3, -0.25) is 10.1 Å². The number of rotatable bonds is 6. The molecule has 0 radical (unpaired) electrons. The van der Waals surface area contributed by atoms with Gasteiger partial charge >= 0.3 is 0 Å². The van der Waals surface area contributed by atoms with Crippen LogP contribution in [0.25, 0.3) is 0 Å². The second-order valence-corrected chi connectivity index (χ2v) is 5.78. The van der Waals surface area contributed by atoms with E-state index in [1.807, 2.05) is 6.07 Å². The number of likely N-dealkylation sites (tertiary alicyclic amines) is 1. The monoisotopic (exact) mass is 291 g/mol. The van der Waals surface area contributed by atoms with E-state index in [-0.39, 0.29) is 10.6 Å². The topological polar surface area (TPSA) is 58.4 Å². The van der Waals surface area contributed by atoms with Crippen molar-refractivity contribution in [3.8, 4) is 0 Å². The Bertz CT molecular complexity index is 465. The van der Waals surface area contributed by atoms with Crippen molar-refractivity contribution >= 4 is 5.69 Å². The Kier molecular flexibility index (Phi) is 6.14. The molecule has 1 fully saturated rings. The zero-order valence-corrected chi connectivity index (χ0v) is 12.8. The van der Waals surface area contributed by atoms with Crippen LogP contribution in [-0.4, -0.2) is 35.5 Å². The number of nitrogens with zero attached hydrogens (tertiary/aromatic N) is 2. The highest BCUT2D eigenvalue weighted by molar-refractivity contribution is 5.34. The number of benzene rings is 1. The predicted octanol–water partition coefficient (Wildman–Crippen LogP) is 2.95. The van der Waals surface area contributed by atoms with Crippen LogP contribution in [0.1, 0.15) is 38.2 Å². The summed E-state index contributed by atoms with van der Waals surface area (Å²) in [6.07, 6.45) is 4.79. The lowest BCUT2D eigenvalue weighted by Crippen LogP contribution is -2.30. The van der Waals surface area contributed by atoms with Gasteiger partial charge in [0, 0.05) is 24.7 Å². The molecule has 0 bridgehead atoms. The first-order valence-corrected chi connectivity index (χ1v) is 7.88. The van der Waals surface area contributed by atoms with E-state index in [1.54, 1.807) is 12.1 Å². The van der Waals surface area contributed by atoms with Crippen LogP contribution < -0.4 is 5.32 Å². The molecule has 0 amide bonds. The molecule has 2 rings (SSSR count). The fourth-order valence-corrected chi connectivity index (χ4v) is 2.94. The van der Waals surface area contributed by atoms with Crippen LogP contribution in [0.4, 0.5) is 5.69 Å². The maximum Gasteiger partial charge on any atom is 0.269 e. The van der Waals surface area contributed by atoms with Crippen molar-refractivity contribution in [2.75, 3.05) is 19.6 Å². The molecule has 1 aromatic rings. The van der Waals surface area contributed by atoms with Gasteiger partial charge in [-0.25, -0.2) is 0 Å². The Morgan fingerprint density at radius 2 is 2.24 bits per heavy atom. The van der Waals surface area contributed by atoms with Crippen molar-refractivity contribution in [2.45, 2.75) is 45.2 Å². The van der Waals surface area contributed by atoms with E-state index in [4.69, 9.17) is 0 Å². The van der Waals surface area contributed by atoms with Gasteiger partial charge in [0.15, 0.2) is 0 Å². The number of nitro benzene ring substituents is 1. The lowest BCUT2D eigenvalue weighted by Gasteiger charge is -2.19. The number of nitrogens with one attached hydrogen (secondary N) is 1. The lowest BCUT2D eigenvalue weighted by atomic mass is 10.1. The molecule has 0 aliphatic carbocycles. The van der Waals surface area contributed by atoms with Crippen LogP contribution in [0.15, 0.2) is 24.3 Å². The molecule has 5 nitrogen and oxygen atoms in total. The Labute approximate surface area is 126 Å². The molecule has 1 N–H and O–H groups in total. The molecule has 1 atom stereocenters. The summed E-state index contributed by atoms with van der Waals surface area (Å²) in [6.45, 7) is 6.48. The molecule has 1 aliphatic rings. The van der Waals surface area contributed by atoms with Gasteiger partial charge in [-0.15, -0.1) is 0 Å². The van der Waals surface area contributed by atoms with Gasteiger partial charge in [0.25, 0.3) is 5.69 Å². The normalized spacial score (nSPS) is 20.1. The van der Waals surface area contributed by atoms with Crippen LogP contribution in [0.5, 0.6) is 0 Å². The highest BCUT2D eigenvalue weighted by Gasteiger charge is 2.16. The molecule has 21 heavy (non-hydrogen) atoms. The molecule has 1 unspecified atom stereocenters. The summed E-state index contributed by atoms with van der Waals surface area (Å²) in [5.41, 5.74) is 1.16. The summed E-state index contributed by atoms with van der Waals surface area (Å²) >= 11 is 0. The summed E-state index contributed by atoms with van der Waals surface area (Å²) in [6, 6.07) is 7.42. The Hall–Kier alpha value is -1.46. The average molecular weight is 291 g/mol. The number of non-ortho nitro benzene ring substituents is 1. The number of hydrogen-bond acceptors (Lipinski definition) is 4. The standard InChI is InChI=1S/C16H25N3O2/c1-2-9-18-10-4-6-15(8-11-18)17-13-14-5-3-7-16(12-14)19(20)21/h3,5,7,12,15,17H,2,4,6,8-11,13H2,1H3. The molecule has 116 valence electrons. The molecule has 0 aromatic heterocycles. The van der Waals surface area contributed by atoms with E-state index in [0.29, 0.717) is 12.6 Å². The van der Waals surface area contributed by atoms with E-state index < -0.39 is 0 Å². The lowest BCUT2D eigenvalue weighted by molar-refractivity contribution is -0.384. The van der Waals surface area contributed by atoms with Crippen LogP contribution in [0.2, 0.25) is 0 Å². The first-order valence-electron chi connectivity index (χ1n) is 7.88. The second kappa shape index (κ2) is 8.10. The highest BCUT2D eigenvalue weighted by atomic mass is 16.6. The summed E-state index contributed by atoms with van der Waals surface area (Å²) in [5, 5.41) is 14.3. The zero-order valence-electron chi connectivity index (χ0n) is 12.8. The third-order valence-corrected chi connectivity index (χ3v) is 4.08. The largest absolute Gasteiger partial charge is 0.310 e. The fourth-order valence-electron chi connectivity index (χ4n) is 2.94. The predicted molar refractivity (Wildman–Crippen MR) is 84.3 cm³/mol. The quantitative estimate of drug-likeness (QED) is 0.646. The van der Waals surface area contributed by atoms with Crippen molar-refractivity contribution in [3.63, 3.8) is 0 Å². The summed E-state index contributed by atoms with van der Waals surface area (Å²) in [7, 11) is 0. The van der Waals surface area contributed by atoms with Crippen molar-refractivity contribution < 1.29 is 4.92 Å². The molecule has 0 saturated carbocycles. The van der Waals surface area contributed by atoms with E-state index in [9.17, 15) is 10.1 Å². The van der Waals surface area contributed by atoms with Crippen molar-refractivity contribution in [1.29, 1.82) is 0 Å². The van der Waals surface area contributed by atoms with Gasteiger partial charge in [-0.1, -0.05) is 19.1 Å². The molecule has 1 saturated heterocycles. The van der Waals surface area contributed by atoms with E-state index >= 15 is 0 Å². The highest BCUT2D eigenvalue weighted by Crippen LogP contribution is 2.15. The Morgan fingerprint density at radius 1 is 1.38 bits per heavy atom. The molecule has 5 heteroatoms. The van der Waals surface area contributed by atoms with Gasteiger partial charge in [0.05, 0.1) is 4.92 Å². The maximum atomic E-state index is 10.8. The summed E-state index contributed by atoms with van der Waals surface area (Å²) in [5.74, 6) is 0. The minimum atomic E-state index is -0.336. The molecule has 1 aromatic carbocycles. The Balaban J connectivity index is 1.82. The minimum absolute atomic E-state index is 0.171. The van der Waals surface area contributed by atoms with E-state index in [0.717, 1.165) is 18.5 Å². The zero-order chi connectivity index (χ0) is 15.1. The molecule has 1 heterocycles. The Morgan fingerprint density at radius 3 is 3.00 bits per heavy atom. The van der Waals surface area contributed by atoms with E-state index in [2.05, 4.69) is 17.1 Å². The van der Waals surface area contributed by atoms with Gasteiger partial charge in [-0.05, 0) is 50.9 Å². The molecular formula is C16H25N3O2. The van der Waals surface area contributed by atoms with Crippen LogP contribution in [0, 0.1) is 10.1 Å². The number of hydrogen-bond donors (Lipinski definition) is 1. The SMILES string of the molecule is CCCN1CCCC(NCc2cccc([N+](=O)[O-])c2)CC1. The van der Waals surface area contributed by atoms with Crippen LogP contribution in [0.3, 0.4) is 0 Å². The van der Waals surface area contributed by atoms with Gasteiger partial charge in [0.2, 0.25) is 0 Å². The fraction of sp³-hybridized carbons (Fsp3) is 0.625. The summed E-state index contributed by atoms with van der Waals surface area (Å²) < 4.78 is 0. The average Bonchev–Trinajstić information content (AvgIpc) is 2.71. The second-order valence-electron chi connectivity index (χ2n) is 5.78. The first kappa shape index (κ1) is 15.9.